The van der Waals surface area contributed by atoms with Gasteiger partial charge in [0.2, 0.25) is 0 Å². The highest BCUT2D eigenvalue weighted by Gasteiger charge is 2.10. The second kappa shape index (κ2) is 5.12. The molecule has 1 rings (SSSR count). The Morgan fingerprint density at radius 3 is 2.86 bits per heavy atom. The van der Waals surface area contributed by atoms with Gasteiger partial charge in [0.05, 0.1) is 5.56 Å². The molecule has 1 amide bonds. The topological polar surface area (TPSA) is 49.3 Å². The van der Waals surface area contributed by atoms with Crippen molar-refractivity contribution in [3.63, 3.8) is 0 Å². The van der Waals surface area contributed by atoms with E-state index < -0.39 is 0 Å². The van der Waals surface area contributed by atoms with E-state index in [0.29, 0.717) is 6.54 Å². The van der Waals surface area contributed by atoms with Crippen molar-refractivity contribution in [1.82, 2.24) is 5.32 Å². The van der Waals surface area contributed by atoms with E-state index in [-0.39, 0.29) is 18.4 Å². The third-order valence-electron chi connectivity index (χ3n) is 2.02. The molecule has 0 saturated carbocycles. The molecule has 1 aromatic heterocycles. The fraction of sp³-hybridized carbons (Fsp3) is 0.500. The molecule has 0 radical (unpaired) electrons. The zero-order valence-corrected chi connectivity index (χ0v) is 9.23. The Balaban J connectivity index is 2.47. The van der Waals surface area contributed by atoms with Crippen LogP contribution < -0.4 is 5.32 Å². The van der Waals surface area contributed by atoms with Crippen LogP contribution in [0, 0.1) is 12.8 Å². The maximum Gasteiger partial charge on any atom is 0.252 e. The van der Waals surface area contributed by atoms with Gasteiger partial charge in [-0.3, -0.25) is 4.79 Å². The summed E-state index contributed by atoms with van der Waals surface area (Å²) in [5.74, 6) is 0.0574. The molecular formula is C10H15NO2S. The SMILES string of the molecule is Cc1cscc1C(=O)NCC(C)CO. The Bertz CT molecular complexity index is 309. The van der Waals surface area contributed by atoms with Crippen LogP contribution in [0.5, 0.6) is 0 Å². The second-order valence-corrected chi connectivity index (χ2v) is 4.21. The van der Waals surface area contributed by atoms with Gasteiger partial charge in [0.25, 0.3) is 5.91 Å². The van der Waals surface area contributed by atoms with Gasteiger partial charge >= 0.3 is 0 Å². The van der Waals surface area contributed by atoms with Crippen molar-refractivity contribution in [2.45, 2.75) is 13.8 Å². The Morgan fingerprint density at radius 2 is 2.36 bits per heavy atom. The third-order valence-corrected chi connectivity index (χ3v) is 2.88. The summed E-state index contributed by atoms with van der Waals surface area (Å²) in [6, 6.07) is 0. The molecule has 1 heterocycles. The highest BCUT2D eigenvalue weighted by atomic mass is 32.1. The van der Waals surface area contributed by atoms with E-state index >= 15 is 0 Å². The first-order chi connectivity index (χ1) is 6.65. The van der Waals surface area contributed by atoms with Crippen molar-refractivity contribution in [3.05, 3.63) is 21.9 Å². The van der Waals surface area contributed by atoms with Crippen LogP contribution in [0.25, 0.3) is 0 Å². The summed E-state index contributed by atoms with van der Waals surface area (Å²) in [4.78, 5) is 11.6. The standard InChI is InChI=1S/C10H15NO2S/c1-7(4-12)3-11-10(13)9-6-14-5-8(9)2/h5-7,12H,3-4H2,1-2H3,(H,11,13). The summed E-state index contributed by atoms with van der Waals surface area (Å²) < 4.78 is 0. The minimum Gasteiger partial charge on any atom is -0.396 e. The molecule has 0 fully saturated rings. The van der Waals surface area contributed by atoms with Crippen LogP contribution >= 0.6 is 11.3 Å². The van der Waals surface area contributed by atoms with Crippen LogP contribution in [0.2, 0.25) is 0 Å². The number of nitrogens with one attached hydrogen (secondary N) is 1. The van der Waals surface area contributed by atoms with Crippen LogP contribution in [-0.2, 0) is 0 Å². The van der Waals surface area contributed by atoms with Crippen LogP contribution in [0.4, 0.5) is 0 Å². The van der Waals surface area contributed by atoms with Crippen molar-refractivity contribution < 1.29 is 9.90 Å². The summed E-state index contributed by atoms with van der Waals surface area (Å²) in [5, 5.41) is 15.4. The van der Waals surface area contributed by atoms with Crippen molar-refractivity contribution in [2.75, 3.05) is 13.2 Å². The summed E-state index contributed by atoms with van der Waals surface area (Å²) in [6.45, 7) is 4.43. The van der Waals surface area contributed by atoms with Gasteiger partial charge in [0.1, 0.15) is 0 Å². The number of hydrogen-bond donors (Lipinski definition) is 2. The number of carbonyl (C=O) groups excluding carboxylic acids is 1. The van der Waals surface area contributed by atoms with E-state index in [2.05, 4.69) is 5.32 Å². The highest BCUT2D eigenvalue weighted by Crippen LogP contribution is 2.13. The number of aliphatic hydroxyl groups is 1. The molecule has 3 nitrogen and oxygen atoms in total. The summed E-state index contributed by atoms with van der Waals surface area (Å²) in [7, 11) is 0. The molecule has 0 aliphatic rings. The molecule has 14 heavy (non-hydrogen) atoms. The fourth-order valence-corrected chi connectivity index (χ4v) is 1.85. The van der Waals surface area contributed by atoms with Gasteiger partial charge in [0.15, 0.2) is 0 Å². The summed E-state index contributed by atoms with van der Waals surface area (Å²) in [5.41, 5.74) is 1.74. The number of carbonyl (C=O) groups is 1. The molecule has 4 heteroatoms. The number of rotatable bonds is 4. The van der Waals surface area contributed by atoms with Crippen molar-refractivity contribution in [3.8, 4) is 0 Å². The predicted octanol–water partition coefficient (Wildman–Crippen LogP) is 1.41. The molecular weight excluding hydrogens is 198 g/mol. The largest absolute Gasteiger partial charge is 0.396 e. The third kappa shape index (κ3) is 2.82. The average molecular weight is 213 g/mol. The molecule has 0 aliphatic carbocycles. The first-order valence-electron chi connectivity index (χ1n) is 4.57. The minimum atomic E-state index is -0.0518. The number of aliphatic hydroxyl groups excluding tert-OH is 1. The lowest BCUT2D eigenvalue weighted by atomic mass is 10.2. The van der Waals surface area contributed by atoms with Gasteiger partial charge in [-0.05, 0) is 23.8 Å². The van der Waals surface area contributed by atoms with E-state index in [4.69, 9.17) is 5.11 Å². The van der Waals surface area contributed by atoms with Crippen LogP contribution in [0.15, 0.2) is 10.8 Å². The van der Waals surface area contributed by atoms with Gasteiger partial charge in [-0.15, -0.1) is 0 Å². The molecule has 0 spiro atoms. The van der Waals surface area contributed by atoms with Gasteiger partial charge in [0, 0.05) is 18.5 Å². The lowest BCUT2D eigenvalue weighted by Crippen LogP contribution is -2.29. The average Bonchev–Trinajstić information content (AvgIpc) is 2.60. The number of amides is 1. The molecule has 1 unspecified atom stereocenters. The van der Waals surface area contributed by atoms with Gasteiger partial charge in [-0.2, -0.15) is 11.3 Å². The van der Waals surface area contributed by atoms with Crippen molar-refractivity contribution in [2.24, 2.45) is 5.92 Å². The number of thiophene rings is 1. The Morgan fingerprint density at radius 1 is 1.64 bits per heavy atom. The Labute approximate surface area is 87.8 Å². The highest BCUT2D eigenvalue weighted by molar-refractivity contribution is 7.08. The number of aryl methyl sites for hydroxylation is 1. The van der Waals surface area contributed by atoms with E-state index in [1.165, 1.54) is 11.3 Å². The molecule has 0 bridgehead atoms. The van der Waals surface area contributed by atoms with E-state index in [1.807, 2.05) is 24.6 Å². The van der Waals surface area contributed by atoms with Crippen LogP contribution in [-0.4, -0.2) is 24.2 Å². The van der Waals surface area contributed by atoms with E-state index in [1.54, 1.807) is 0 Å². The van der Waals surface area contributed by atoms with Crippen molar-refractivity contribution >= 4 is 17.2 Å². The van der Waals surface area contributed by atoms with Gasteiger partial charge in [-0.25, -0.2) is 0 Å². The predicted molar refractivity (Wildman–Crippen MR) is 57.6 cm³/mol. The van der Waals surface area contributed by atoms with Gasteiger partial charge < -0.3 is 10.4 Å². The first kappa shape index (κ1) is 11.2. The molecule has 0 aromatic carbocycles. The summed E-state index contributed by atoms with van der Waals surface area (Å²) >= 11 is 1.52. The van der Waals surface area contributed by atoms with E-state index in [0.717, 1.165) is 11.1 Å². The number of hydrogen-bond acceptors (Lipinski definition) is 3. The Kier molecular flexibility index (Phi) is 4.10. The Hall–Kier alpha value is -0.870. The molecule has 78 valence electrons. The molecule has 0 saturated heterocycles. The zero-order chi connectivity index (χ0) is 10.6. The summed E-state index contributed by atoms with van der Waals surface area (Å²) in [6.07, 6.45) is 0. The maximum absolute atomic E-state index is 11.6. The van der Waals surface area contributed by atoms with Gasteiger partial charge in [-0.1, -0.05) is 6.92 Å². The van der Waals surface area contributed by atoms with E-state index in [9.17, 15) is 4.79 Å². The van der Waals surface area contributed by atoms with Crippen molar-refractivity contribution in [1.29, 1.82) is 0 Å². The molecule has 0 aliphatic heterocycles. The molecule has 1 atom stereocenters. The monoisotopic (exact) mass is 213 g/mol. The molecule has 1 aromatic rings. The maximum atomic E-state index is 11.6. The second-order valence-electron chi connectivity index (χ2n) is 3.47. The minimum absolute atomic E-state index is 0.0518. The lowest BCUT2D eigenvalue weighted by Gasteiger charge is -2.09. The quantitative estimate of drug-likeness (QED) is 0.794. The smallest absolute Gasteiger partial charge is 0.252 e. The fourth-order valence-electron chi connectivity index (χ4n) is 1.02. The zero-order valence-electron chi connectivity index (χ0n) is 8.41. The molecule has 2 N–H and O–H groups in total. The lowest BCUT2D eigenvalue weighted by molar-refractivity contribution is 0.0942. The van der Waals surface area contributed by atoms with Crippen LogP contribution in [0.3, 0.4) is 0 Å². The first-order valence-corrected chi connectivity index (χ1v) is 5.51. The van der Waals surface area contributed by atoms with Crippen LogP contribution in [0.1, 0.15) is 22.8 Å². The normalized spacial score (nSPS) is 12.5.